The Kier molecular flexibility index (Phi) is 4.65. The van der Waals surface area contributed by atoms with Gasteiger partial charge in [-0.25, -0.2) is 19.3 Å². The lowest BCUT2D eigenvalue weighted by atomic mass is 9.96. The molecular weight excluding hydrogens is 381 g/mol. The third kappa shape index (κ3) is 3.40. The quantitative estimate of drug-likeness (QED) is 0.522. The fraction of sp³-hybridized carbons (Fsp3) is 0.304. The number of hydrogen-bond acceptors (Lipinski definition) is 5. The Morgan fingerprint density at radius 1 is 1.03 bits per heavy atom. The summed E-state index contributed by atoms with van der Waals surface area (Å²) in [7, 11) is 0. The van der Waals surface area contributed by atoms with E-state index in [1.54, 1.807) is 4.57 Å². The molecule has 0 saturated carbocycles. The summed E-state index contributed by atoms with van der Waals surface area (Å²) in [6.07, 6.45) is 3.46. The summed E-state index contributed by atoms with van der Waals surface area (Å²) in [6, 6.07) is 12.0. The molecule has 0 bridgehead atoms. The zero-order valence-electron chi connectivity index (χ0n) is 16.8. The number of nitrogens with zero attached hydrogens (tertiary/aromatic N) is 5. The first-order chi connectivity index (χ1) is 14.6. The average molecular weight is 403 g/mol. The summed E-state index contributed by atoms with van der Waals surface area (Å²) in [5.74, 6) is 0.942. The van der Waals surface area contributed by atoms with Crippen LogP contribution in [-0.2, 0) is 6.54 Å². The van der Waals surface area contributed by atoms with Gasteiger partial charge in [-0.1, -0.05) is 12.1 Å². The number of para-hydroxylation sites is 2. The van der Waals surface area contributed by atoms with Crippen LogP contribution in [0.4, 0.5) is 10.2 Å². The number of piperidine rings is 1. The van der Waals surface area contributed by atoms with Gasteiger partial charge in [-0.3, -0.25) is 9.36 Å². The number of hydrogen-bond donors (Lipinski definition) is 0. The predicted molar refractivity (Wildman–Crippen MR) is 115 cm³/mol. The third-order valence-electron chi connectivity index (χ3n) is 5.88. The maximum Gasteiger partial charge on any atom is 0.261 e. The van der Waals surface area contributed by atoms with Gasteiger partial charge >= 0.3 is 0 Å². The minimum Gasteiger partial charge on any atom is -0.355 e. The maximum atomic E-state index is 13.4. The van der Waals surface area contributed by atoms with Gasteiger partial charge in [0.05, 0.1) is 34.0 Å². The normalized spacial score (nSPS) is 15.2. The molecule has 0 amide bonds. The number of anilines is 1. The van der Waals surface area contributed by atoms with Crippen molar-refractivity contribution in [3.05, 3.63) is 70.7 Å². The van der Waals surface area contributed by atoms with Gasteiger partial charge in [0.1, 0.15) is 5.82 Å². The number of fused-ring (bicyclic) bond motifs is 2. The van der Waals surface area contributed by atoms with E-state index in [0.29, 0.717) is 23.4 Å². The van der Waals surface area contributed by atoms with Crippen molar-refractivity contribution in [3.63, 3.8) is 0 Å². The molecule has 0 unspecified atom stereocenters. The number of aromatic nitrogens is 4. The van der Waals surface area contributed by atoms with Crippen LogP contribution in [-0.4, -0.2) is 32.6 Å². The Balaban J connectivity index is 1.31. The van der Waals surface area contributed by atoms with Crippen molar-refractivity contribution in [2.24, 2.45) is 5.92 Å². The van der Waals surface area contributed by atoms with E-state index >= 15 is 0 Å². The van der Waals surface area contributed by atoms with Crippen LogP contribution in [0.5, 0.6) is 0 Å². The Morgan fingerprint density at radius 3 is 2.53 bits per heavy atom. The largest absolute Gasteiger partial charge is 0.355 e. The fourth-order valence-corrected chi connectivity index (χ4v) is 4.25. The van der Waals surface area contributed by atoms with Crippen molar-refractivity contribution in [1.29, 1.82) is 0 Å². The molecule has 1 aliphatic rings. The van der Waals surface area contributed by atoms with Crippen LogP contribution in [0.15, 0.2) is 53.6 Å². The van der Waals surface area contributed by atoms with Gasteiger partial charge in [-0.05, 0) is 49.9 Å². The van der Waals surface area contributed by atoms with Crippen LogP contribution in [0.3, 0.4) is 0 Å². The summed E-state index contributed by atoms with van der Waals surface area (Å²) >= 11 is 0. The molecule has 1 aliphatic heterocycles. The fourth-order valence-electron chi connectivity index (χ4n) is 4.25. The van der Waals surface area contributed by atoms with Crippen molar-refractivity contribution in [2.45, 2.75) is 26.3 Å². The molecule has 6 nitrogen and oxygen atoms in total. The van der Waals surface area contributed by atoms with E-state index in [2.05, 4.69) is 9.88 Å². The second-order valence-corrected chi connectivity index (χ2v) is 7.92. The maximum absolute atomic E-state index is 13.4. The van der Waals surface area contributed by atoms with Gasteiger partial charge in [-0.2, -0.15) is 0 Å². The lowest BCUT2D eigenvalue weighted by Gasteiger charge is -2.33. The Morgan fingerprint density at radius 2 is 1.77 bits per heavy atom. The van der Waals surface area contributed by atoms with E-state index in [1.807, 2.05) is 31.2 Å². The standard InChI is InChI=1S/C23H22FN5O/c1-15-22(27-20-5-3-2-4-19(20)26-15)28-10-8-16(9-11-28)13-29-14-25-21-12-17(24)6-7-18(21)23(29)30/h2-7,12,14,16H,8-11,13H2,1H3. The topological polar surface area (TPSA) is 63.9 Å². The first-order valence-electron chi connectivity index (χ1n) is 10.2. The highest BCUT2D eigenvalue weighted by Gasteiger charge is 2.23. The first kappa shape index (κ1) is 18.7. The molecule has 4 aromatic rings. The van der Waals surface area contributed by atoms with Gasteiger partial charge in [0, 0.05) is 25.7 Å². The van der Waals surface area contributed by atoms with Crippen molar-refractivity contribution < 1.29 is 4.39 Å². The first-order valence-corrected chi connectivity index (χ1v) is 10.2. The van der Waals surface area contributed by atoms with Gasteiger partial charge in [0.15, 0.2) is 5.82 Å². The molecule has 3 heterocycles. The predicted octanol–water partition coefficient (Wildman–Crippen LogP) is 3.70. The van der Waals surface area contributed by atoms with Gasteiger partial charge in [0.25, 0.3) is 5.56 Å². The summed E-state index contributed by atoms with van der Waals surface area (Å²) < 4.78 is 15.0. The monoisotopic (exact) mass is 403 g/mol. The second-order valence-electron chi connectivity index (χ2n) is 7.92. The number of aryl methyl sites for hydroxylation is 1. The number of rotatable bonds is 3. The van der Waals surface area contributed by atoms with Gasteiger partial charge < -0.3 is 4.90 Å². The van der Waals surface area contributed by atoms with Crippen molar-refractivity contribution in [3.8, 4) is 0 Å². The minimum atomic E-state index is -0.383. The third-order valence-corrected chi connectivity index (χ3v) is 5.88. The van der Waals surface area contributed by atoms with Crippen molar-refractivity contribution >= 4 is 27.8 Å². The van der Waals surface area contributed by atoms with Crippen LogP contribution in [0.25, 0.3) is 21.9 Å². The number of halogens is 1. The Hall–Kier alpha value is -3.35. The summed E-state index contributed by atoms with van der Waals surface area (Å²) in [5, 5.41) is 0.457. The molecule has 0 radical (unpaired) electrons. The van der Waals surface area contributed by atoms with Crippen LogP contribution in [0, 0.1) is 18.7 Å². The van der Waals surface area contributed by atoms with E-state index in [0.717, 1.165) is 48.5 Å². The Labute approximate surface area is 173 Å². The molecule has 5 rings (SSSR count). The summed E-state index contributed by atoms with van der Waals surface area (Å²) in [4.78, 5) is 28.8. The van der Waals surface area contributed by atoms with Crippen LogP contribution >= 0.6 is 0 Å². The highest BCUT2D eigenvalue weighted by atomic mass is 19.1. The number of benzene rings is 2. The molecule has 0 atom stereocenters. The SMILES string of the molecule is Cc1nc2ccccc2nc1N1CCC(Cn2cnc3cc(F)ccc3c2=O)CC1. The van der Waals surface area contributed by atoms with Crippen LogP contribution in [0.2, 0.25) is 0 Å². The molecule has 30 heavy (non-hydrogen) atoms. The van der Waals surface area contributed by atoms with E-state index in [-0.39, 0.29) is 11.4 Å². The zero-order chi connectivity index (χ0) is 20.7. The highest BCUT2D eigenvalue weighted by Crippen LogP contribution is 2.26. The van der Waals surface area contributed by atoms with Gasteiger partial charge in [0.2, 0.25) is 0 Å². The van der Waals surface area contributed by atoms with E-state index in [1.165, 1.54) is 24.5 Å². The van der Waals surface area contributed by atoms with Crippen molar-refractivity contribution in [2.75, 3.05) is 18.0 Å². The molecule has 0 aliphatic carbocycles. The zero-order valence-corrected chi connectivity index (χ0v) is 16.8. The minimum absolute atomic E-state index is 0.112. The summed E-state index contributed by atoms with van der Waals surface area (Å²) in [6.45, 7) is 4.37. The molecule has 2 aromatic heterocycles. The van der Waals surface area contributed by atoms with Crippen LogP contribution in [0.1, 0.15) is 18.5 Å². The van der Waals surface area contributed by atoms with E-state index in [9.17, 15) is 9.18 Å². The molecule has 1 saturated heterocycles. The molecule has 152 valence electrons. The molecule has 0 N–H and O–H groups in total. The molecule has 2 aromatic carbocycles. The molecule has 1 fully saturated rings. The Bertz CT molecular complexity index is 1290. The van der Waals surface area contributed by atoms with Crippen molar-refractivity contribution in [1.82, 2.24) is 19.5 Å². The average Bonchev–Trinajstić information content (AvgIpc) is 2.76. The lowest BCUT2D eigenvalue weighted by molar-refractivity contribution is 0.351. The smallest absolute Gasteiger partial charge is 0.261 e. The molecular formula is C23H22FN5O. The van der Waals surface area contributed by atoms with E-state index in [4.69, 9.17) is 9.97 Å². The lowest BCUT2D eigenvalue weighted by Crippen LogP contribution is -2.37. The highest BCUT2D eigenvalue weighted by molar-refractivity contribution is 5.77. The second kappa shape index (κ2) is 7.48. The summed E-state index contributed by atoms with van der Waals surface area (Å²) in [5.41, 5.74) is 3.05. The van der Waals surface area contributed by atoms with Gasteiger partial charge in [-0.15, -0.1) is 0 Å². The van der Waals surface area contributed by atoms with Crippen LogP contribution < -0.4 is 10.5 Å². The molecule has 7 heteroatoms. The molecule has 0 spiro atoms. The van der Waals surface area contributed by atoms with E-state index < -0.39 is 0 Å².